The monoisotopic (exact) mass is 594 g/mol. The average Bonchev–Trinajstić information content (AvgIpc) is 3.45. The maximum atomic E-state index is 2.35. The third-order valence-corrected chi connectivity index (χ3v) is 8.24. The summed E-state index contributed by atoms with van der Waals surface area (Å²) in [5.41, 5.74) is 2.98. The van der Waals surface area contributed by atoms with E-state index in [1.54, 1.807) is 0 Å². The summed E-state index contributed by atoms with van der Waals surface area (Å²) >= 11 is 0. The van der Waals surface area contributed by atoms with E-state index >= 15 is 0 Å². The zero-order chi connectivity index (χ0) is 22.2. The first-order valence-electron chi connectivity index (χ1n) is 11.5. The molecular weight excluding hydrogens is 565 g/mol. The van der Waals surface area contributed by atoms with E-state index < -0.39 is 7.92 Å². The Bertz CT molecular complexity index is 1160. The second-order valence-corrected chi connectivity index (χ2v) is 10.4. The normalized spacial score (nSPS) is 9.91. The van der Waals surface area contributed by atoms with E-state index in [-0.39, 0.29) is 51.0 Å². The van der Waals surface area contributed by atoms with Gasteiger partial charge >= 0.3 is 26.2 Å². The molecule has 4 heteroatoms. The van der Waals surface area contributed by atoms with Gasteiger partial charge in [-0.3, -0.25) is 0 Å². The van der Waals surface area contributed by atoms with Gasteiger partial charge in [-0.1, -0.05) is 99.8 Å². The molecule has 0 amide bonds. The standard InChI is InChI=1S/C21H16P.C10H15.2ClH.Zr/c1-3-11-19(12-4-1)22(20-13-5-2-6-14-20)21-15-17-9-7-8-10-18(17)16-21;1-3-4-7-10-8-5-6-9(10)2;;;/h1-16H;5-6,8H,3-4,7H2,1-2H3;2*1H;/q2*-1;;;+4/p-2. The Labute approximate surface area is 243 Å². The maximum Gasteiger partial charge on any atom is 4.00 e. The van der Waals surface area contributed by atoms with Gasteiger partial charge in [-0.15, -0.1) is 40.3 Å². The van der Waals surface area contributed by atoms with Crippen LogP contribution in [0, 0.1) is 6.92 Å². The van der Waals surface area contributed by atoms with Crippen LogP contribution in [-0.2, 0) is 32.6 Å². The summed E-state index contributed by atoms with van der Waals surface area (Å²) in [6, 6.07) is 41.6. The largest absolute Gasteiger partial charge is 4.00 e. The molecule has 0 spiro atoms. The van der Waals surface area contributed by atoms with Crippen molar-refractivity contribution in [2.75, 3.05) is 0 Å². The van der Waals surface area contributed by atoms with Crippen LogP contribution in [0.2, 0.25) is 0 Å². The number of rotatable bonds is 6. The SMILES string of the molecule is CCCC[c-]1cccc1C.[Cl-].[Cl-].[Zr+4].c1ccc(P(c2ccccc2)c2cc3ccccc3[cH-]2)cc1. The van der Waals surface area contributed by atoms with Gasteiger partial charge in [0.25, 0.3) is 0 Å². The Kier molecular flexibility index (Phi) is 14.7. The first-order valence-corrected chi connectivity index (χ1v) is 12.9. The fourth-order valence-corrected chi connectivity index (χ4v) is 6.43. The molecule has 0 saturated heterocycles. The number of fused-ring (bicyclic) bond motifs is 1. The smallest absolute Gasteiger partial charge is 1.00 e. The summed E-state index contributed by atoms with van der Waals surface area (Å²) in [5.74, 6) is 0. The van der Waals surface area contributed by atoms with Gasteiger partial charge in [0.05, 0.1) is 0 Å². The molecule has 5 aromatic carbocycles. The van der Waals surface area contributed by atoms with E-state index in [1.807, 2.05) is 0 Å². The third-order valence-electron chi connectivity index (χ3n) is 5.84. The van der Waals surface area contributed by atoms with Gasteiger partial charge in [-0.2, -0.15) is 23.3 Å². The predicted molar refractivity (Wildman–Crippen MR) is 144 cm³/mol. The summed E-state index contributed by atoms with van der Waals surface area (Å²) in [6.07, 6.45) is 3.88. The molecule has 0 aliphatic heterocycles. The molecule has 5 rings (SSSR count). The number of hydrogen-bond donors (Lipinski definition) is 0. The van der Waals surface area contributed by atoms with E-state index in [1.165, 1.54) is 57.1 Å². The zero-order valence-corrected chi connectivity index (χ0v) is 25.2. The number of halogens is 2. The molecule has 0 aliphatic rings. The summed E-state index contributed by atoms with van der Waals surface area (Å²) in [7, 11) is -0.493. The molecular formula is C31H31Cl2PZr. The second kappa shape index (κ2) is 16.3. The van der Waals surface area contributed by atoms with Gasteiger partial charge in [-0.25, -0.2) is 12.1 Å². The van der Waals surface area contributed by atoms with E-state index in [4.69, 9.17) is 0 Å². The average molecular weight is 597 g/mol. The van der Waals surface area contributed by atoms with Crippen LogP contribution in [0.1, 0.15) is 30.9 Å². The number of aryl methyl sites for hydroxylation is 2. The molecule has 35 heavy (non-hydrogen) atoms. The minimum absolute atomic E-state index is 0. The molecule has 178 valence electrons. The molecule has 0 unspecified atom stereocenters. The van der Waals surface area contributed by atoms with Gasteiger partial charge in [0.1, 0.15) is 0 Å². The van der Waals surface area contributed by atoms with Crippen LogP contribution in [0.15, 0.2) is 115 Å². The Morgan fingerprint density at radius 1 is 0.743 bits per heavy atom. The summed E-state index contributed by atoms with van der Waals surface area (Å²) in [4.78, 5) is 0. The quantitative estimate of drug-likeness (QED) is 0.205. The molecule has 0 aromatic heterocycles. The first-order chi connectivity index (χ1) is 15.8. The van der Waals surface area contributed by atoms with E-state index in [0.717, 1.165) is 0 Å². The summed E-state index contributed by atoms with van der Waals surface area (Å²) in [5, 5.41) is 6.89. The van der Waals surface area contributed by atoms with Crippen molar-refractivity contribution in [2.45, 2.75) is 33.1 Å². The molecule has 0 nitrogen and oxygen atoms in total. The van der Waals surface area contributed by atoms with Crippen molar-refractivity contribution in [1.29, 1.82) is 0 Å². The molecule has 0 radical (unpaired) electrons. The van der Waals surface area contributed by atoms with Crippen LogP contribution in [0.3, 0.4) is 0 Å². The zero-order valence-electron chi connectivity index (χ0n) is 20.3. The van der Waals surface area contributed by atoms with Crippen molar-refractivity contribution in [3.05, 3.63) is 126 Å². The van der Waals surface area contributed by atoms with Gasteiger partial charge < -0.3 is 24.8 Å². The van der Waals surface area contributed by atoms with Crippen molar-refractivity contribution >= 4 is 34.6 Å². The Hall–Kier alpha value is -1.49. The van der Waals surface area contributed by atoms with Gasteiger partial charge in [0.15, 0.2) is 0 Å². The van der Waals surface area contributed by atoms with Crippen LogP contribution < -0.4 is 40.7 Å². The van der Waals surface area contributed by atoms with Crippen LogP contribution in [0.4, 0.5) is 0 Å². The summed E-state index contributed by atoms with van der Waals surface area (Å²) in [6.45, 7) is 4.42. The Morgan fingerprint density at radius 3 is 1.83 bits per heavy atom. The van der Waals surface area contributed by atoms with E-state index in [9.17, 15) is 0 Å². The molecule has 5 aromatic rings. The van der Waals surface area contributed by atoms with Crippen LogP contribution in [0.25, 0.3) is 10.8 Å². The van der Waals surface area contributed by atoms with Gasteiger partial charge in [0, 0.05) is 0 Å². The molecule has 0 bridgehead atoms. The first kappa shape index (κ1) is 31.5. The Morgan fingerprint density at radius 2 is 1.31 bits per heavy atom. The summed E-state index contributed by atoms with van der Waals surface area (Å²) < 4.78 is 0. The van der Waals surface area contributed by atoms with Gasteiger partial charge in [0.2, 0.25) is 0 Å². The van der Waals surface area contributed by atoms with Crippen molar-refractivity contribution in [2.24, 2.45) is 0 Å². The number of benzene rings is 3. The van der Waals surface area contributed by atoms with Crippen molar-refractivity contribution in [3.8, 4) is 0 Å². The predicted octanol–water partition coefficient (Wildman–Crippen LogP) is 1.38. The molecule has 0 N–H and O–H groups in total. The number of hydrogen-bond acceptors (Lipinski definition) is 0. The van der Waals surface area contributed by atoms with Gasteiger partial charge in [-0.05, 0) is 18.5 Å². The Balaban J connectivity index is 0.000000407. The second-order valence-electron chi connectivity index (χ2n) is 8.19. The molecule has 0 fully saturated rings. The number of unbranched alkanes of at least 4 members (excludes halogenated alkanes) is 1. The molecule has 0 saturated carbocycles. The fourth-order valence-electron chi connectivity index (χ4n) is 4.06. The van der Waals surface area contributed by atoms with E-state index in [0.29, 0.717) is 0 Å². The van der Waals surface area contributed by atoms with Crippen LogP contribution in [-0.4, -0.2) is 0 Å². The molecule has 0 aliphatic carbocycles. The third kappa shape index (κ3) is 8.55. The van der Waals surface area contributed by atoms with Crippen LogP contribution >= 0.6 is 7.92 Å². The van der Waals surface area contributed by atoms with Crippen molar-refractivity contribution in [1.82, 2.24) is 0 Å². The minimum atomic E-state index is -0.493. The van der Waals surface area contributed by atoms with Crippen molar-refractivity contribution < 1.29 is 51.0 Å². The van der Waals surface area contributed by atoms with Crippen LogP contribution in [0.5, 0.6) is 0 Å². The molecule has 0 atom stereocenters. The maximum absolute atomic E-state index is 2.35. The van der Waals surface area contributed by atoms with Crippen molar-refractivity contribution in [3.63, 3.8) is 0 Å². The molecule has 0 heterocycles. The fraction of sp³-hybridized carbons (Fsp3) is 0.161. The minimum Gasteiger partial charge on any atom is -1.00 e. The van der Waals surface area contributed by atoms with E-state index in [2.05, 4.69) is 129 Å². The topological polar surface area (TPSA) is 0 Å².